The van der Waals surface area contributed by atoms with Crippen molar-refractivity contribution in [2.45, 2.75) is 52.7 Å². The van der Waals surface area contributed by atoms with Gasteiger partial charge in [0.1, 0.15) is 35.9 Å². The Morgan fingerprint density at radius 1 is 1.29 bits per heavy atom. The Kier molecular flexibility index (Phi) is 6.09. The molecular weight excluding hydrogens is 432 g/mol. The van der Waals surface area contributed by atoms with Crippen LogP contribution in [0, 0.1) is 12.3 Å². The second kappa shape index (κ2) is 8.86. The van der Waals surface area contributed by atoms with Crippen LogP contribution >= 0.6 is 0 Å². The summed E-state index contributed by atoms with van der Waals surface area (Å²) in [6, 6.07) is 5.95. The van der Waals surface area contributed by atoms with E-state index in [1.54, 1.807) is 25.4 Å². The third kappa shape index (κ3) is 4.36. The standard InChI is InChI=1S/C24H30N8O2/c1-14(2)32-22(28-15(3)30-32)19-13-31-8-9-34-20-10-16(6-7-18(20)21(31)29-19)17(11-25)12-27-24(4,5)23(26)33/h6-7,10-14,25,27H,8-9H2,1-5H3,(H2,26,33)/p+1/b17-12+,25-11?. The third-order valence-corrected chi connectivity index (χ3v) is 5.85. The lowest BCUT2D eigenvalue weighted by Crippen LogP contribution is -2.93. The summed E-state index contributed by atoms with van der Waals surface area (Å²) in [5, 5.41) is 14.1. The van der Waals surface area contributed by atoms with Crippen molar-refractivity contribution in [2.75, 3.05) is 6.61 Å². The van der Waals surface area contributed by atoms with Crippen molar-refractivity contribution in [2.24, 2.45) is 5.73 Å². The number of nitrogens with zero attached hydrogens (tertiary/aromatic N) is 5. The SMILES string of the molecule is Cc1nc(-c2cn3c(n2)-c2ccc(/C(C=N)=C/[NH2+]C(C)(C)C(N)=O)cc2OCC3)n(C(C)C)n1. The highest BCUT2D eigenvalue weighted by atomic mass is 16.5. The number of nitrogens with one attached hydrogen (secondary N) is 1. The summed E-state index contributed by atoms with van der Waals surface area (Å²) in [6.45, 7) is 10.6. The molecule has 4 rings (SSSR count). The third-order valence-electron chi connectivity index (χ3n) is 5.85. The van der Waals surface area contributed by atoms with E-state index in [1.807, 2.05) is 36.0 Å². The average Bonchev–Trinajstić information content (AvgIpc) is 3.33. The molecule has 0 bridgehead atoms. The number of ether oxygens (including phenoxy) is 1. The number of aromatic nitrogens is 5. The lowest BCUT2D eigenvalue weighted by molar-refractivity contribution is -0.644. The highest BCUT2D eigenvalue weighted by molar-refractivity contribution is 6.08. The number of carbonyl (C=O) groups is 1. The molecule has 34 heavy (non-hydrogen) atoms. The summed E-state index contributed by atoms with van der Waals surface area (Å²) in [6.07, 6.45) is 5.00. The van der Waals surface area contributed by atoms with Gasteiger partial charge in [-0.25, -0.2) is 14.6 Å². The van der Waals surface area contributed by atoms with E-state index in [4.69, 9.17) is 20.9 Å². The van der Waals surface area contributed by atoms with Gasteiger partial charge in [-0.2, -0.15) is 5.10 Å². The second-order valence-corrected chi connectivity index (χ2v) is 9.24. The van der Waals surface area contributed by atoms with Crippen LogP contribution < -0.4 is 15.8 Å². The average molecular weight is 464 g/mol. The van der Waals surface area contributed by atoms with E-state index in [2.05, 4.69) is 28.5 Å². The molecule has 178 valence electrons. The molecule has 5 N–H and O–H groups in total. The summed E-state index contributed by atoms with van der Waals surface area (Å²) in [4.78, 5) is 21.1. The minimum Gasteiger partial charge on any atom is -0.491 e. The van der Waals surface area contributed by atoms with Gasteiger partial charge >= 0.3 is 0 Å². The van der Waals surface area contributed by atoms with Gasteiger partial charge in [0.2, 0.25) is 0 Å². The number of imidazole rings is 1. The van der Waals surface area contributed by atoms with Crippen molar-refractivity contribution in [1.82, 2.24) is 24.3 Å². The number of aryl methyl sites for hydroxylation is 1. The zero-order valence-electron chi connectivity index (χ0n) is 20.2. The van der Waals surface area contributed by atoms with Crippen LogP contribution in [-0.2, 0) is 11.3 Å². The maximum Gasteiger partial charge on any atom is 0.278 e. The Bertz CT molecular complexity index is 1280. The summed E-state index contributed by atoms with van der Waals surface area (Å²) in [5.74, 6) is 2.52. The first kappa shape index (κ1) is 23.4. The van der Waals surface area contributed by atoms with Crippen molar-refractivity contribution in [1.29, 1.82) is 5.41 Å². The number of quaternary nitrogens is 1. The number of carbonyl (C=O) groups excluding carboxylic acids is 1. The summed E-state index contributed by atoms with van der Waals surface area (Å²) in [7, 11) is 0. The Labute approximate surface area is 198 Å². The van der Waals surface area contributed by atoms with Crippen molar-refractivity contribution >= 4 is 17.7 Å². The van der Waals surface area contributed by atoms with Crippen molar-refractivity contribution in [3.63, 3.8) is 0 Å². The number of nitrogens with two attached hydrogens (primary N) is 2. The minimum absolute atomic E-state index is 0.165. The van der Waals surface area contributed by atoms with Gasteiger partial charge in [0.15, 0.2) is 11.4 Å². The number of benzene rings is 1. The smallest absolute Gasteiger partial charge is 0.278 e. The van der Waals surface area contributed by atoms with Crippen LogP contribution in [-0.4, -0.2) is 48.6 Å². The van der Waals surface area contributed by atoms with Gasteiger partial charge in [-0.15, -0.1) is 0 Å². The molecule has 0 unspecified atom stereocenters. The molecule has 0 radical (unpaired) electrons. The van der Waals surface area contributed by atoms with Crippen LogP contribution in [0.4, 0.5) is 0 Å². The number of rotatable bonds is 7. The van der Waals surface area contributed by atoms with Crippen LogP contribution in [0.1, 0.15) is 45.1 Å². The quantitative estimate of drug-likeness (QED) is 0.459. The molecule has 1 aliphatic rings. The van der Waals surface area contributed by atoms with E-state index in [0.717, 1.165) is 28.5 Å². The lowest BCUT2D eigenvalue weighted by Gasteiger charge is -2.16. The fourth-order valence-electron chi connectivity index (χ4n) is 3.74. The Morgan fingerprint density at radius 2 is 2.06 bits per heavy atom. The molecular formula is C24H31N8O2+. The second-order valence-electron chi connectivity index (χ2n) is 9.24. The monoisotopic (exact) mass is 463 g/mol. The van der Waals surface area contributed by atoms with E-state index in [-0.39, 0.29) is 6.04 Å². The summed E-state index contributed by atoms with van der Waals surface area (Å²) >= 11 is 0. The zero-order valence-corrected chi connectivity index (χ0v) is 20.2. The number of allylic oxidation sites excluding steroid dienone is 1. The highest BCUT2D eigenvalue weighted by Gasteiger charge is 2.28. The largest absolute Gasteiger partial charge is 0.491 e. The molecule has 0 aliphatic carbocycles. The van der Waals surface area contributed by atoms with E-state index < -0.39 is 11.4 Å². The van der Waals surface area contributed by atoms with Gasteiger partial charge in [0, 0.05) is 18.5 Å². The Hall–Kier alpha value is -3.79. The minimum atomic E-state index is -0.813. The van der Waals surface area contributed by atoms with Gasteiger partial charge in [-0.3, -0.25) is 4.79 Å². The molecule has 0 saturated carbocycles. The first-order chi connectivity index (χ1) is 16.1. The molecule has 2 aromatic heterocycles. The summed E-state index contributed by atoms with van der Waals surface area (Å²) < 4.78 is 10.0. The molecule has 0 fully saturated rings. The van der Waals surface area contributed by atoms with Crippen LogP contribution in [0.3, 0.4) is 0 Å². The van der Waals surface area contributed by atoms with Gasteiger partial charge in [-0.05, 0) is 52.3 Å². The van der Waals surface area contributed by atoms with Gasteiger partial charge < -0.3 is 25.8 Å². The predicted molar refractivity (Wildman–Crippen MR) is 129 cm³/mol. The number of primary amides is 1. The molecule has 10 heteroatoms. The number of hydrogen-bond acceptors (Lipinski definition) is 6. The topological polar surface area (TPSA) is 141 Å². The molecule has 3 heterocycles. The molecule has 0 atom stereocenters. The zero-order chi connectivity index (χ0) is 24.6. The van der Waals surface area contributed by atoms with E-state index in [1.165, 1.54) is 6.21 Å². The molecule has 0 saturated heterocycles. The Balaban J connectivity index is 1.72. The van der Waals surface area contributed by atoms with Crippen LogP contribution in [0.15, 0.2) is 30.6 Å². The fraction of sp³-hybridized carbons (Fsp3) is 0.375. The van der Waals surface area contributed by atoms with Gasteiger partial charge in [-0.1, -0.05) is 6.07 Å². The Morgan fingerprint density at radius 3 is 2.74 bits per heavy atom. The highest BCUT2D eigenvalue weighted by Crippen LogP contribution is 2.35. The molecule has 1 amide bonds. The van der Waals surface area contributed by atoms with E-state index >= 15 is 0 Å². The molecule has 3 aromatic rings. The van der Waals surface area contributed by atoms with Crippen LogP contribution in [0.5, 0.6) is 5.75 Å². The van der Waals surface area contributed by atoms with E-state index in [0.29, 0.717) is 30.3 Å². The molecule has 0 spiro atoms. The first-order valence-corrected chi connectivity index (χ1v) is 11.3. The number of hydrogen-bond donors (Lipinski definition) is 3. The van der Waals surface area contributed by atoms with Crippen molar-refractivity contribution in [3.8, 4) is 28.7 Å². The fourth-order valence-corrected chi connectivity index (χ4v) is 3.74. The number of amides is 1. The maximum absolute atomic E-state index is 11.6. The molecule has 1 aliphatic heterocycles. The van der Waals surface area contributed by atoms with Crippen LogP contribution in [0.2, 0.25) is 0 Å². The van der Waals surface area contributed by atoms with Crippen molar-refractivity contribution < 1.29 is 14.8 Å². The summed E-state index contributed by atoms with van der Waals surface area (Å²) in [5.41, 5.74) is 7.74. The van der Waals surface area contributed by atoms with E-state index in [9.17, 15) is 4.79 Å². The normalized spacial score (nSPS) is 13.8. The molecule has 10 nitrogen and oxygen atoms in total. The van der Waals surface area contributed by atoms with Crippen LogP contribution in [0.25, 0.3) is 28.5 Å². The maximum atomic E-state index is 11.6. The van der Waals surface area contributed by atoms with Crippen molar-refractivity contribution in [3.05, 3.63) is 42.0 Å². The van der Waals surface area contributed by atoms with Gasteiger partial charge in [0.05, 0.1) is 17.7 Å². The molecule has 1 aromatic carbocycles. The lowest BCUT2D eigenvalue weighted by atomic mass is 10.0. The van der Waals surface area contributed by atoms with Gasteiger partial charge in [0.25, 0.3) is 5.91 Å². The first-order valence-electron chi connectivity index (χ1n) is 11.3. The predicted octanol–water partition coefficient (Wildman–Crippen LogP) is 1.91. The number of fused-ring (bicyclic) bond motifs is 3.